The molecule has 1 aromatic heterocycles. The number of amides is 2. The Labute approximate surface area is 216 Å². The zero-order valence-corrected chi connectivity index (χ0v) is 22.1. The van der Waals surface area contributed by atoms with Crippen molar-refractivity contribution in [2.75, 3.05) is 31.7 Å². The Morgan fingerprint density at radius 3 is 2.82 bits per heavy atom. The molecule has 182 valence electrons. The van der Waals surface area contributed by atoms with Gasteiger partial charge in [0.05, 0.1) is 21.4 Å². The summed E-state index contributed by atoms with van der Waals surface area (Å²) in [6, 6.07) is 9.71. The average molecular weight is 521 g/mol. The number of hydrogen-bond acceptors (Lipinski definition) is 4. The number of likely N-dealkylation sites (N-methyl/N-ethyl adjacent to an activating group) is 1. The van der Waals surface area contributed by atoms with Crippen LogP contribution in [0.4, 0.5) is 10.6 Å². The molecule has 1 aromatic carbocycles. The van der Waals surface area contributed by atoms with Gasteiger partial charge >= 0.3 is 6.03 Å². The molecule has 1 aliphatic rings. The molecule has 2 N–H and O–H groups in total. The number of carbonyl (C=O) groups excluding carboxylic acids is 1. The van der Waals surface area contributed by atoms with Crippen molar-refractivity contribution >= 4 is 46.8 Å². The average Bonchev–Trinajstić information content (AvgIpc) is 3.14. The minimum Gasteiger partial charge on any atom is -0.309 e. The van der Waals surface area contributed by atoms with E-state index in [0.29, 0.717) is 28.0 Å². The van der Waals surface area contributed by atoms with Crippen molar-refractivity contribution < 1.29 is 4.79 Å². The summed E-state index contributed by atoms with van der Waals surface area (Å²) < 4.78 is 1.78. The van der Waals surface area contributed by atoms with E-state index in [9.17, 15) is 4.79 Å². The molecule has 9 heteroatoms. The van der Waals surface area contributed by atoms with Gasteiger partial charge in [-0.25, -0.2) is 9.48 Å². The van der Waals surface area contributed by atoms with E-state index >= 15 is 0 Å². The molecule has 34 heavy (non-hydrogen) atoms. The van der Waals surface area contributed by atoms with E-state index in [1.165, 1.54) is 5.56 Å². The zero-order valence-electron chi connectivity index (χ0n) is 19.8. The highest BCUT2D eigenvalue weighted by Crippen LogP contribution is 2.27. The molecule has 0 bridgehead atoms. The fourth-order valence-electron chi connectivity index (χ4n) is 3.25. The first kappa shape index (κ1) is 26.4. The highest BCUT2D eigenvalue weighted by Gasteiger charge is 2.16. The summed E-state index contributed by atoms with van der Waals surface area (Å²) in [5, 5.41) is 12.1. The molecule has 0 radical (unpaired) electrons. The number of nitrogens with one attached hydrogen (secondary N) is 2. The van der Waals surface area contributed by atoms with E-state index in [-0.39, 0.29) is 0 Å². The molecule has 0 saturated heterocycles. The number of aromatic nitrogens is 2. The van der Waals surface area contributed by atoms with Crippen LogP contribution in [-0.4, -0.2) is 47.1 Å². The maximum absolute atomic E-state index is 12.9. The highest BCUT2D eigenvalue weighted by atomic mass is 35.5. The number of rotatable bonds is 10. The topological polar surface area (TPSA) is 62.2 Å². The van der Waals surface area contributed by atoms with E-state index in [2.05, 4.69) is 48.7 Å². The van der Waals surface area contributed by atoms with Crippen LogP contribution in [0.15, 0.2) is 69.3 Å². The van der Waals surface area contributed by atoms with Gasteiger partial charge in [0.15, 0.2) is 0 Å². The van der Waals surface area contributed by atoms with Crippen molar-refractivity contribution in [3.05, 3.63) is 69.9 Å². The molecule has 3 rings (SSSR count). The molecule has 1 aliphatic carbocycles. The largest absolute Gasteiger partial charge is 0.324 e. The van der Waals surface area contributed by atoms with E-state index in [0.717, 1.165) is 42.3 Å². The Bertz CT molecular complexity index is 1090. The standard InChI is InChI=1S/C25H31Cl2N5OS/c1-4-5-15-34-23-17-22(29-25(33)28-21-12-7-6-11-20(26)24(21)27)32(30-23)19-10-8-9-18(16-19)13-14-31(2)3/h7-12,16-17H,4-6,13-15H2,1-3H3,(H2,28,29,33). The number of benzene rings is 1. The van der Waals surface area contributed by atoms with Crippen molar-refractivity contribution in [3.63, 3.8) is 0 Å². The lowest BCUT2D eigenvalue weighted by Crippen LogP contribution is -2.29. The number of thioether (sulfide) groups is 1. The predicted octanol–water partition coefficient (Wildman–Crippen LogP) is 6.52. The van der Waals surface area contributed by atoms with Crippen LogP contribution in [0.25, 0.3) is 5.69 Å². The summed E-state index contributed by atoms with van der Waals surface area (Å²) in [6.45, 7) is 3.12. The number of urea groups is 1. The monoisotopic (exact) mass is 519 g/mol. The van der Waals surface area contributed by atoms with Gasteiger partial charge in [-0.2, -0.15) is 5.10 Å². The van der Waals surface area contributed by atoms with Gasteiger partial charge in [0.25, 0.3) is 0 Å². The van der Waals surface area contributed by atoms with Gasteiger partial charge in [-0.05, 0) is 62.9 Å². The van der Waals surface area contributed by atoms with Crippen LogP contribution >= 0.6 is 35.0 Å². The van der Waals surface area contributed by atoms with Crippen molar-refractivity contribution in [2.45, 2.75) is 37.6 Å². The first-order valence-corrected chi connectivity index (χ1v) is 13.1. The molecule has 6 nitrogen and oxygen atoms in total. The molecule has 0 aliphatic heterocycles. The van der Waals surface area contributed by atoms with Crippen molar-refractivity contribution in [3.8, 4) is 5.69 Å². The molecule has 0 atom stereocenters. The highest BCUT2D eigenvalue weighted by molar-refractivity contribution is 7.99. The third-order valence-corrected chi connectivity index (χ3v) is 6.93. The number of halogens is 2. The molecule has 2 aromatic rings. The Kier molecular flexibility index (Phi) is 10.1. The van der Waals surface area contributed by atoms with Crippen LogP contribution in [0.3, 0.4) is 0 Å². The summed E-state index contributed by atoms with van der Waals surface area (Å²) in [6.07, 6.45) is 9.24. The summed E-state index contributed by atoms with van der Waals surface area (Å²) in [4.78, 5) is 15.0. The second kappa shape index (κ2) is 13.0. The van der Waals surface area contributed by atoms with Gasteiger partial charge in [-0.1, -0.05) is 60.8 Å². The van der Waals surface area contributed by atoms with Crippen molar-refractivity contribution in [1.29, 1.82) is 0 Å². The summed E-state index contributed by atoms with van der Waals surface area (Å²) in [7, 11) is 4.12. The smallest absolute Gasteiger partial charge is 0.309 e. The molecule has 2 amide bonds. The first-order chi connectivity index (χ1) is 16.4. The number of allylic oxidation sites excluding steroid dienone is 5. The summed E-state index contributed by atoms with van der Waals surface area (Å²) >= 11 is 14.2. The Morgan fingerprint density at radius 1 is 1.24 bits per heavy atom. The number of unbranched alkanes of at least 4 members (excludes halogenated alkanes) is 1. The quantitative estimate of drug-likeness (QED) is 0.277. The number of nitrogens with zero attached hydrogens (tertiary/aromatic N) is 3. The molecule has 1 heterocycles. The van der Waals surface area contributed by atoms with Crippen molar-refractivity contribution in [2.24, 2.45) is 0 Å². The van der Waals surface area contributed by atoms with E-state index < -0.39 is 6.03 Å². The third-order valence-electron chi connectivity index (χ3n) is 5.09. The predicted molar refractivity (Wildman–Crippen MR) is 144 cm³/mol. The molecule has 0 unspecified atom stereocenters. The van der Waals surface area contributed by atoms with Crippen LogP contribution in [-0.2, 0) is 6.42 Å². The first-order valence-electron chi connectivity index (χ1n) is 11.3. The lowest BCUT2D eigenvalue weighted by atomic mass is 10.1. The number of hydrogen-bond donors (Lipinski definition) is 2. The zero-order chi connectivity index (χ0) is 24.5. The van der Waals surface area contributed by atoms with Gasteiger partial charge in [-0.15, -0.1) is 11.8 Å². The van der Waals surface area contributed by atoms with Crippen LogP contribution in [0.2, 0.25) is 0 Å². The minimum atomic E-state index is -0.417. The van der Waals surface area contributed by atoms with E-state index in [4.69, 9.17) is 28.3 Å². The molecular weight excluding hydrogens is 489 g/mol. The maximum Gasteiger partial charge on any atom is 0.324 e. The summed E-state index contributed by atoms with van der Waals surface area (Å²) in [5.41, 5.74) is 2.55. The molecule has 0 fully saturated rings. The van der Waals surface area contributed by atoms with Gasteiger partial charge in [-0.3, -0.25) is 5.32 Å². The second-order valence-corrected chi connectivity index (χ2v) is 10.1. The maximum atomic E-state index is 12.9. The summed E-state index contributed by atoms with van der Waals surface area (Å²) in [5.74, 6) is 1.55. The van der Waals surface area contributed by atoms with Crippen LogP contribution in [0.1, 0.15) is 31.7 Å². The van der Waals surface area contributed by atoms with E-state index in [1.807, 2.05) is 24.3 Å². The van der Waals surface area contributed by atoms with Gasteiger partial charge < -0.3 is 10.2 Å². The Hall–Kier alpha value is -2.19. The molecule has 0 spiro atoms. The van der Waals surface area contributed by atoms with E-state index in [1.54, 1.807) is 28.6 Å². The van der Waals surface area contributed by atoms with Gasteiger partial charge in [0, 0.05) is 12.6 Å². The fourth-order valence-corrected chi connectivity index (χ4v) is 4.60. The fraction of sp³-hybridized carbons (Fsp3) is 0.360. The van der Waals surface area contributed by atoms with Gasteiger partial charge in [0.1, 0.15) is 10.8 Å². The Balaban J connectivity index is 1.84. The van der Waals surface area contributed by atoms with Gasteiger partial charge in [0.2, 0.25) is 0 Å². The molecular formula is C25H31Cl2N5OS. The van der Waals surface area contributed by atoms with Crippen LogP contribution in [0, 0.1) is 0 Å². The third kappa shape index (κ3) is 7.67. The lowest BCUT2D eigenvalue weighted by Gasteiger charge is -2.13. The van der Waals surface area contributed by atoms with Crippen molar-refractivity contribution in [1.82, 2.24) is 20.0 Å². The Morgan fingerprint density at radius 2 is 2.06 bits per heavy atom. The second-order valence-electron chi connectivity index (χ2n) is 8.20. The van der Waals surface area contributed by atoms with Crippen LogP contribution < -0.4 is 10.6 Å². The normalized spacial score (nSPS) is 13.8. The molecule has 0 saturated carbocycles. The lowest BCUT2D eigenvalue weighted by molar-refractivity contribution is 0.254. The van der Waals surface area contributed by atoms with Crippen LogP contribution in [0.5, 0.6) is 0 Å². The number of carbonyl (C=O) groups is 1. The number of anilines is 1. The SMILES string of the molecule is CCCCSc1cc(NC(=O)NC2=C(Cl)C(Cl)=CCC=C2)n(-c2cccc(CCN(C)C)c2)n1. The minimum absolute atomic E-state index is 0.309.